The lowest BCUT2D eigenvalue weighted by Gasteiger charge is -2.12. The number of fused-ring (bicyclic) bond motifs is 1. The van der Waals surface area contributed by atoms with Crippen LogP contribution in [-0.4, -0.2) is 30.3 Å². The molecule has 7 nitrogen and oxygen atoms in total. The Morgan fingerprint density at radius 1 is 1.00 bits per heavy atom. The highest BCUT2D eigenvalue weighted by Crippen LogP contribution is 2.19. The van der Waals surface area contributed by atoms with Gasteiger partial charge in [0.15, 0.2) is 5.16 Å². The van der Waals surface area contributed by atoms with Gasteiger partial charge >= 0.3 is 0 Å². The highest BCUT2D eigenvalue weighted by Gasteiger charge is 2.15. The number of rotatable bonds is 8. The van der Waals surface area contributed by atoms with Gasteiger partial charge in [-0.05, 0) is 36.4 Å². The lowest BCUT2D eigenvalue weighted by molar-refractivity contribution is 0.476. The second kappa shape index (κ2) is 8.86. The third-order valence-electron chi connectivity index (χ3n) is 4.40. The first kappa shape index (κ1) is 20.4. The van der Waals surface area contributed by atoms with Crippen LogP contribution < -0.4 is 10.3 Å². The maximum absolute atomic E-state index is 13.0. The van der Waals surface area contributed by atoms with Crippen molar-refractivity contribution >= 4 is 32.7 Å². The maximum Gasteiger partial charge on any atom is 0.262 e. The van der Waals surface area contributed by atoms with Crippen LogP contribution in [-0.2, 0) is 16.6 Å². The van der Waals surface area contributed by atoms with Crippen LogP contribution in [0.1, 0.15) is 5.76 Å². The Bertz CT molecular complexity index is 1300. The molecule has 30 heavy (non-hydrogen) atoms. The fraction of sp³-hybridized carbons (Fsp3) is 0.143. The first-order valence-corrected chi connectivity index (χ1v) is 11.7. The molecule has 9 heteroatoms. The molecule has 0 amide bonds. The molecule has 0 aliphatic rings. The van der Waals surface area contributed by atoms with Crippen LogP contribution in [0.4, 0.5) is 0 Å². The van der Waals surface area contributed by atoms with Crippen LogP contribution in [0, 0.1) is 0 Å². The van der Waals surface area contributed by atoms with Crippen molar-refractivity contribution in [2.24, 2.45) is 0 Å². The van der Waals surface area contributed by atoms with E-state index in [-0.39, 0.29) is 23.5 Å². The lowest BCUT2D eigenvalue weighted by Crippen LogP contribution is -2.27. The zero-order valence-electron chi connectivity index (χ0n) is 15.9. The molecule has 0 radical (unpaired) electrons. The SMILES string of the molecule is O=c1c2ccccc2nc(SCCNS(=O)(=O)c2ccccc2)n1Cc1ccco1. The summed E-state index contributed by atoms with van der Waals surface area (Å²) in [5.74, 6) is 1.05. The summed E-state index contributed by atoms with van der Waals surface area (Å²) < 4.78 is 34.2. The van der Waals surface area contributed by atoms with E-state index in [1.165, 1.54) is 11.8 Å². The lowest BCUT2D eigenvalue weighted by atomic mass is 10.2. The average Bonchev–Trinajstić information content (AvgIpc) is 3.28. The number of thioether (sulfide) groups is 1. The Kier molecular flexibility index (Phi) is 6.03. The zero-order valence-corrected chi connectivity index (χ0v) is 17.5. The number of hydrogen-bond acceptors (Lipinski definition) is 6. The number of aromatic nitrogens is 2. The summed E-state index contributed by atoms with van der Waals surface area (Å²) >= 11 is 1.32. The predicted molar refractivity (Wildman–Crippen MR) is 116 cm³/mol. The smallest absolute Gasteiger partial charge is 0.262 e. The molecule has 154 valence electrons. The van der Waals surface area contributed by atoms with Gasteiger partial charge in [-0.2, -0.15) is 0 Å². The molecule has 0 saturated carbocycles. The Morgan fingerprint density at radius 3 is 2.53 bits per heavy atom. The summed E-state index contributed by atoms with van der Waals surface area (Å²) in [5.41, 5.74) is 0.440. The van der Waals surface area contributed by atoms with E-state index in [1.807, 2.05) is 6.07 Å². The number of benzene rings is 2. The number of nitrogens with zero attached hydrogens (tertiary/aromatic N) is 2. The van der Waals surface area contributed by atoms with Gasteiger partial charge in [0.25, 0.3) is 5.56 Å². The third-order valence-corrected chi connectivity index (χ3v) is 6.85. The quantitative estimate of drug-likeness (QED) is 0.257. The van der Waals surface area contributed by atoms with Gasteiger partial charge in [-0.1, -0.05) is 42.1 Å². The molecule has 0 fully saturated rings. The Morgan fingerprint density at radius 2 is 1.77 bits per heavy atom. The summed E-state index contributed by atoms with van der Waals surface area (Å²) in [5, 5.41) is 1.03. The van der Waals surface area contributed by atoms with Crippen LogP contribution in [0.5, 0.6) is 0 Å². The minimum atomic E-state index is -3.58. The van der Waals surface area contributed by atoms with E-state index in [0.717, 1.165) is 0 Å². The second-order valence-corrected chi connectivity index (χ2v) is 9.27. The van der Waals surface area contributed by atoms with E-state index < -0.39 is 10.0 Å². The van der Waals surface area contributed by atoms with E-state index >= 15 is 0 Å². The van der Waals surface area contributed by atoms with Gasteiger partial charge in [0.2, 0.25) is 10.0 Å². The zero-order chi connectivity index (χ0) is 21.0. The van der Waals surface area contributed by atoms with Crippen LogP contribution >= 0.6 is 11.8 Å². The number of sulfonamides is 1. The van der Waals surface area contributed by atoms with Gasteiger partial charge < -0.3 is 4.42 Å². The minimum absolute atomic E-state index is 0.163. The Labute approximate surface area is 177 Å². The molecule has 1 N–H and O–H groups in total. The molecular weight excluding hydrogens is 422 g/mol. The van der Waals surface area contributed by atoms with E-state index in [9.17, 15) is 13.2 Å². The first-order valence-electron chi connectivity index (χ1n) is 9.24. The van der Waals surface area contributed by atoms with Crippen LogP contribution in [0.3, 0.4) is 0 Å². The molecule has 0 aliphatic carbocycles. The fourth-order valence-electron chi connectivity index (χ4n) is 2.96. The van der Waals surface area contributed by atoms with Gasteiger partial charge in [0.1, 0.15) is 5.76 Å². The fourth-order valence-corrected chi connectivity index (χ4v) is 4.99. The predicted octanol–water partition coefficient (Wildman–Crippen LogP) is 3.11. The number of para-hydroxylation sites is 1. The summed E-state index contributed by atoms with van der Waals surface area (Å²) in [7, 11) is -3.58. The molecule has 2 aromatic heterocycles. The molecule has 4 aromatic rings. The van der Waals surface area contributed by atoms with Crippen molar-refractivity contribution in [1.82, 2.24) is 14.3 Å². The highest BCUT2D eigenvalue weighted by molar-refractivity contribution is 7.99. The summed E-state index contributed by atoms with van der Waals surface area (Å²) in [6.07, 6.45) is 1.56. The Balaban J connectivity index is 1.54. The van der Waals surface area contributed by atoms with Gasteiger partial charge in [-0.25, -0.2) is 18.1 Å². The molecule has 0 saturated heterocycles. The molecule has 0 bridgehead atoms. The summed E-state index contributed by atoms with van der Waals surface area (Å²) in [4.78, 5) is 17.8. The third kappa shape index (κ3) is 4.48. The van der Waals surface area contributed by atoms with Gasteiger partial charge in [-0.3, -0.25) is 9.36 Å². The average molecular weight is 442 g/mol. The molecule has 2 aromatic carbocycles. The highest BCUT2D eigenvalue weighted by atomic mass is 32.2. The van der Waals surface area contributed by atoms with E-state index in [4.69, 9.17) is 4.42 Å². The topological polar surface area (TPSA) is 94.2 Å². The normalized spacial score (nSPS) is 11.7. The van der Waals surface area contributed by atoms with Gasteiger partial charge in [0, 0.05) is 12.3 Å². The van der Waals surface area contributed by atoms with Gasteiger partial charge in [0.05, 0.1) is 28.6 Å². The molecule has 0 atom stereocenters. The van der Waals surface area contributed by atoms with Crippen LogP contribution in [0.2, 0.25) is 0 Å². The van der Waals surface area contributed by atoms with Gasteiger partial charge in [-0.15, -0.1) is 0 Å². The van der Waals surface area contributed by atoms with Crippen LogP contribution in [0.15, 0.2) is 92.3 Å². The molecular formula is C21H19N3O4S2. The van der Waals surface area contributed by atoms with Crippen molar-refractivity contribution in [3.8, 4) is 0 Å². The van der Waals surface area contributed by atoms with E-state index in [1.54, 1.807) is 71.5 Å². The molecule has 4 rings (SSSR count). The molecule has 0 spiro atoms. The maximum atomic E-state index is 13.0. The molecule has 0 aliphatic heterocycles. The molecule has 0 unspecified atom stereocenters. The van der Waals surface area contributed by atoms with Crippen molar-refractivity contribution in [2.45, 2.75) is 16.6 Å². The monoisotopic (exact) mass is 441 g/mol. The number of nitrogens with one attached hydrogen (secondary N) is 1. The van der Waals surface area contributed by atoms with E-state index in [2.05, 4.69) is 9.71 Å². The van der Waals surface area contributed by atoms with E-state index in [0.29, 0.717) is 27.6 Å². The summed E-state index contributed by atoms with van der Waals surface area (Å²) in [6, 6.07) is 18.9. The van der Waals surface area contributed by atoms with Crippen molar-refractivity contribution in [2.75, 3.05) is 12.3 Å². The van der Waals surface area contributed by atoms with Crippen molar-refractivity contribution < 1.29 is 12.8 Å². The standard InChI is InChI=1S/C21H19N3O4S2/c25-20-18-10-4-5-11-19(18)23-21(24(20)15-16-7-6-13-28-16)29-14-12-22-30(26,27)17-8-2-1-3-9-17/h1-11,13,22H,12,14-15H2. The van der Waals surface area contributed by atoms with Crippen molar-refractivity contribution in [1.29, 1.82) is 0 Å². The summed E-state index contributed by atoms with van der Waals surface area (Å²) in [6.45, 7) is 0.451. The second-order valence-electron chi connectivity index (χ2n) is 6.44. The first-order chi connectivity index (χ1) is 14.5. The van der Waals surface area contributed by atoms with Crippen molar-refractivity contribution in [3.05, 3.63) is 89.1 Å². The number of furan rings is 1. The minimum Gasteiger partial charge on any atom is -0.467 e. The largest absolute Gasteiger partial charge is 0.467 e. The molecule has 2 heterocycles. The van der Waals surface area contributed by atoms with Crippen molar-refractivity contribution in [3.63, 3.8) is 0 Å². The van der Waals surface area contributed by atoms with Crippen LogP contribution in [0.25, 0.3) is 10.9 Å². The Hall–Kier alpha value is -2.88. The number of hydrogen-bond donors (Lipinski definition) is 1.